The fourth-order valence-electron chi connectivity index (χ4n) is 4.32. The van der Waals surface area contributed by atoms with Crippen molar-refractivity contribution in [2.45, 2.75) is 46.0 Å². The molecule has 0 unspecified atom stereocenters. The molecule has 0 radical (unpaired) electrons. The summed E-state index contributed by atoms with van der Waals surface area (Å²) < 4.78 is 0. The van der Waals surface area contributed by atoms with Crippen LogP contribution < -0.4 is 5.32 Å². The van der Waals surface area contributed by atoms with Crippen LogP contribution in [0, 0.1) is 5.41 Å². The number of aromatic nitrogens is 1. The molecule has 0 bridgehead atoms. The molecule has 0 aliphatic carbocycles. The number of rotatable bonds is 7. The van der Waals surface area contributed by atoms with Crippen molar-refractivity contribution in [3.05, 3.63) is 54.4 Å². The molecule has 1 aromatic heterocycles. The van der Waals surface area contributed by atoms with Gasteiger partial charge < -0.3 is 10.2 Å². The molecule has 1 aliphatic rings. The molecule has 2 heterocycles. The number of hydrogen-bond donors (Lipinski definition) is 1. The molecule has 2 aromatic rings. The van der Waals surface area contributed by atoms with Crippen LogP contribution in [0.3, 0.4) is 0 Å². The van der Waals surface area contributed by atoms with Crippen LogP contribution in [0.2, 0.25) is 0 Å². The van der Waals surface area contributed by atoms with Crippen molar-refractivity contribution < 1.29 is 9.59 Å². The van der Waals surface area contributed by atoms with Crippen LogP contribution in [0.5, 0.6) is 0 Å². The van der Waals surface area contributed by atoms with Gasteiger partial charge >= 0.3 is 0 Å². The minimum atomic E-state index is -0.601. The lowest BCUT2D eigenvalue weighted by atomic mass is 9.73. The summed E-state index contributed by atoms with van der Waals surface area (Å²) in [6, 6.07) is 12.2. The first-order valence-electron chi connectivity index (χ1n) is 10.6. The first-order valence-corrected chi connectivity index (χ1v) is 10.6. The number of pyridine rings is 1. The molecule has 2 amide bonds. The van der Waals surface area contributed by atoms with Crippen LogP contribution in [0.15, 0.2) is 48.8 Å². The second kappa shape index (κ2) is 9.68. The Morgan fingerprint density at radius 3 is 2.72 bits per heavy atom. The van der Waals surface area contributed by atoms with Gasteiger partial charge in [-0.15, -0.1) is 0 Å². The highest BCUT2D eigenvalue weighted by Crippen LogP contribution is 2.37. The maximum Gasteiger partial charge on any atom is 0.228 e. The highest BCUT2D eigenvalue weighted by molar-refractivity contribution is 5.85. The van der Waals surface area contributed by atoms with Gasteiger partial charge in [0.25, 0.3) is 0 Å². The summed E-state index contributed by atoms with van der Waals surface area (Å²) in [5, 5.41) is 3.04. The van der Waals surface area contributed by atoms with Gasteiger partial charge in [-0.3, -0.25) is 14.6 Å². The number of piperidine rings is 1. The Morgan fingerprint density at radius 2 is 2.00 bits per heavy atom. The molecule has 154 valence electrons. The molecular weight excluding hydrogens is 362 g/mol. The smallest absolute Gasteiger partial charge is 0.228 e. The Kier molecular flexibility index (Phi) is 7.02. The van der Waals surface area contributed by atoms with Crippen LogP contribution in [-0.2, 0) is 16.0 Å². The van der Waals surface area contributed by atoms with Crippen molar-refractivity contribution in [2.24, 2.45) is 5.41 Å². The van der Waals surface area contributed by atoms with Gasteiger partial charge in [-0.1, -0.05) is 37.3 Å². The number of likely N-dealkylation sites (tertiary alicyclic amines) is 1. The summed E-state index contributed by atoms with van der Waals surface area (Å²) in [4.78, 5) is 32.0. The Balaban J connectivity index is 1.95. The first kappa shape index (κ1) is 21.0. The van der Waals surface area contributed by atoms with Gasteiger partial charge in [0, 0.05) is 44.0 Å². The molecule has 5 heteroatoms. The van der Waals surface area contributed by atoms with Gasteiger partial charge in [-0.2, -0.15) is 0 Å². The molecule has 0 spiro atoms. The highest BCUT2D eigenvalue weighted by atomic mass is 16.2. The highest BCUT2D eigenvalue weighted by Gasteiger charge is 2.43. The van der Waals surface area contributed by atoms with Crippen LogP contribution in [-0.4, -0.2) is 41.3 Å². The SMILES string of the molecule is CCCC(=O)N1CCC[C@](Cc2ccccc2-c2cccnc2)(C(=O)NCC)C1. The van der Waals surface area contributed by atoms with Crippen molar-refractivity contribution >= 4 is 11.8 Å². The predicted octanol–water partition coefficient (Wildman–Crippen LogP) is 3.84. The minimum Gasteiger partial charge on any atom is -0.356 e. The molecule has 1 saturated heterocycles. The standard InChI is InChI=1S/C24H31N3O2/c1-3-9-22(28)27-15-8-13-24(18-27,23(29)26-4-2)16-19-10-5-6-12-21(19)20-11-7-14-25-17-20/h5-7,10-12,14,17H,3-4,8-9,13,15-16,18H2,1-2H3,(H,26,29)/t24-/m1/s1. The zero-order valence-corrected chi connectivity index (χ0v) is 17.5. The predicted molar refractivity (Wildman–Crippen MR) is 115 cm³/mol. The summed E-state index contributed by atoms with van der Waals surface area (Å²) in [6.45, 7) is 5.78. The van der Waals surface area contributed by atoms with Gasteiger partial charge in [0.2, 0.25) is 11.8 Å². The van der Waals surface area contributed by atoms with Gasteiger partial charge in [0.15, 0.2) is 0 Å². The fraction of sp³-hybridized carbons (Fsp3) is 0.458. The number of hydrogen-bond acceptors (Lipinski definition) is 3. The number of benzene rings is 1. The zero-order valence-electron chi connectivity index (χ0n) is 17.5. The molecule has 5 nitrogen and oxygen atoms in total. The van der Waals surface area contributed by atoms with E-state index in [0.717, 1.165) is 42.5 Å². The lowest BCUT2D eigenvalue weighted by Gasteiger charge is -2.42. The topological polar surface area (TPSA) is 62.3 Å². The normalized spacial score (nSPS) is 19.0. The third-order valence-electron chi connectivity index (χ3n) is 5.73. The van der Waals surface area contributed by atoms with E-state index in [9.17, 15) is 9.59 Å². The third-order valence-corrected chi connectivity index (χ3v) is 5.73. The van der Waals surface area contributed by atoms with Crippen molar-refractivity contribution in [2.75, 3.05) is 19.6 Å². The quantitative estimate of drug-likeness (QED) is 0.777. The van der Waals surface area contributed by atoms with Gasteiger partial charge in [0.05, 0.1) is 5.41 Å². The fourth-order valence-corrected chi connectivity index (χ4v) is 4.32. The molecule has 1 aromatic carbocycles. The van der Waals surface area contributed by atoms with E-state index < -0.39 is 5.41 Å². The Bertz CT molecular complexity index is 837. The third kappa shape index (κ3) is 4.84. The zero-order chi connectivity index (χ0) is 20.7. The number of carbonyl (C=O) groups excluding carboxylic acids is 2. The molecule has 29 heavy (non-hydrogen) atoms. The van der Waals surface area contributed by atoms with Crippen LogP contribution >= 0.6 is 0 Å². The number of carbonyl (C=O) groups is 2. The minimum absolute atomic E-state index is 0.0509. The van der Waals surface area contributed by atoms with Gasteiger partial charge in [0.1, 0.15) is 0 Å². The van der Waals surface area contributed by atoms with Gasteiger partial charge in [-0.25, -0.2) is 0 Å². The van der Waals surface area contributed by atoms with E-state index in [-0.39, 0.29) is 11.8 Å². The van der Waals surface area contributed by atoms with E-state index in [1.165, 1.54) is 0 Å². The van der Waals surface area contributed by atoms with Crippen molar-refractivity contribution in [3.63, 3.8) is 0 Å². The monoisotopic (exact) mass is 393 g/mol. The van der Waals surface area contributed by atoms with Gasteiger partial charge in [-0.05, 0) is 49.8 Å². The lowest BCUT2D eigenvalue weighted by Crippen LogP contribution is -2.54. The summed E-state index contributed by atoms with van der Waals surface area (Å²) in [7, 11) is 0. The Hall–Kier alpha value is -2.69. The summed E-state index contributed by atoms with van der Waals surface area (Å²) in [5.74, 6) is 0.205. The summed E-state index contributed by atoms with van der Waals surface area (Å²) in [5.41, 5.74) is 2.66. The number of nitrogens with one attached hydrogen (secondary N) is 1. The van der Waals surface area contributed by atoms with Crippen molar-refractivity contribution in [1.29, 1.82) is 0 Å². The molecule has 1 aliphatic heterocycles. The molecule has 1 N–H and O–H groups in total. The number of nitrogens with zero attached hydrogens (tertiary/aromatic N) is 2. The van der Waals surface area contributed by atoms with E-state index in [1.807, 2.05) is 49.2 Å². The average molecular weight is 394 g/mol. The van der Waals surface area contributed by atoms with Crippen molar-refractivity contribution in [1.82, 2.24) is 15.2 Å². The average Bonchev–Trinajstić information content (AvgIpc) is 2.75. The summed E-state index contributed by atoms with van der Waals surface area (Å²) in [6.07, 6.45) is 7.23. The van der Waals surface area contributed by atoms with E-state index in [4.69, 9.17) is 0 Å². The van der Waals surface area contributed by atoms with E-state index in [2.05, 4.69) is 22.4 Å². The molecule has 1 fully saturated rings. The number of amides is 2. The Morgan fingerprint density at radius 1 is 1.17 bits per heavy atom. The second-order valence-corrected chi connectivity index (χ2v) is 7.88. The first-order chi connectivity index (χ1) is 14.1. The van der Waals surface area contributed by atoms with Crippen molar-refractivity contribution in [3.8, 4) is 11.1 Å². The maximum atomic E-state index is 13.2. The van der Waals surface area contributed by atoms with E-state index in [0.29, 0.717) is 25.9 Å². The van der Waals surface area contributed by atoms with Crippen LogP contribution in [0.4, 0.5) is 0 Å². The molecule has 1 atom stereocenters. The summed E-state index contributed by atoms with van der Waals surface area (Å²) >= 11 is 0. The van der Waals surface area contributed by atoms with Crippen LogP contribution in [0.25, 0.3) is 11.1 Å². The molecule has 3 rings (SSSR count). The lowest BCUT2D eigenvalue weighted by molar-refractivity contribution is -0.141. The van der Waals surface area contributed by atoms with Crippen LogP contribution in [0.1, 0.15) is 45.1 Å². The van der Waals surface area contributed by atoms with E-state index in [1.54, 1.807) is 6.20 Å². The largest absolute Gasteiger partial charge is 0.356 e. The maximum absolute atomic E-state index is 13.2. The second-order valence-electron chi connectivity index (χ2n) is 7.88. The molecular formula is C24H31N3O2. The van der Waals surface area contributed by atoms with E-state index >= 15 is 0 Å². The molecule has 0 saturated carbocycles. The Labute approximate surface area is 173 Å².